The molecule has 1 saturated heterocycles. The molecule has 2 aromatic heterocycles. The van der Waals surface area contributed by atoms with Crippen LogP contribution in [-0.4, -0.2) is 38.6 Å². The molecule has 1 fully saturated rings. The number of H-pyrrole nitrogens is 1. The van der Waals surface area contributed by atoms with E-state index >= 15 is 0 Å². The van der Waals surface area contributed by atoms with Gasteiger partial charge < -0.3 is 5.32 Å². The first-order valence-electron chi connectivity index (χ1n) is 11.1. The second-order valence-corrected chi connectivity index (χ2v) is 9.51. The van der Waals surface area contributed by atoms with Gasteiger partial charge in [0.1, 0.15) is 11.9 Å². The maximum atomic E-state index is 12.7. The van der Waals surface area contributed by atoms with Crippen LogP contribution in [0.15, 0.2) is 65.7 Å². The van der Waals surface area contributed by atoms with Crippen molar-refractivity contribution in [1.82, 2.24) is 19.5 Å². The largest absolute Gasteiger partial charge is 0.417 e. The van der Waals surface area contributed by atoms with Crippen LogP contribution in [0.2, 0.25) is 0 Å². The van der Waals surface area contributed by atoms with E-state index in [4.69, 9.17) is 0 Å². The van der Waals surface area contributed by atoms with Gasteiger partial charge in [0.15, 0.2) is 5.69 Å². The van der Waals surface area contributed by atoms with Crippen molar-refractivity contribution >= 4 is 28.7 Å². The highest BCUT2D eigenvalue weighted by atomic mass is 32.2. The van der Waals surface area contributed by atoms with Crippen molar-refractivity contribution in [2.75, 3.05) is 18.4 Å². The van der Waals surface area contributed by atoms with Crippen molar-refractivity contribution in [2.45, 2.75) is 30.0 Å². The third kappa shape index (κ3) is 5.26. The lowest BCUT2D eigenvalue weighted by atomic mass is 10.0. The van der Waals surface area contributed by atoms with Gasteiger partial charge in [0.05, 0.1) is 11.1 Å². The molecule has 6 nitrogen and oxygen atoms in total. The number of anilines is 1. The minimum atomic E-state index is -4.37. The molecule has 0 spiro atoms. The van der Waals surface area contributed by atoms with Crippen LogP contribution in [0.25, 0.3) is 22.0 Å². The molecule has 1 aliphatic heterocycles. The summed E-state index contributed by atoms with van der Waals surface area (Å²) in [5.74, 6) is 0.468. The van der Waals surface area contributed by atoms with Crippen molar-refractivity contribution < 1.29 is 13.2 Å². The average molecular weight is 495 g/mol. The van der Waals surface area contributed by atoms with Gasteiger partial charge in [0.2, 0.25) is 0 Å². The van der Waals surface area contributed by atoms with Gasteiger partial charge in [0.25, 0.3) is 0 Å². The Labute approximate surface area is 204 Å². The summed E-state index contributed by atoms with van der Waals surface area (Å²) in [7, 11) is 0. The molecule has 0 radical (unpaired) electrons. The van der Waals surface area contributed by atoms with Crippen LogP contribution in [0.3, 0.4) is 0 Å². The molecule has 4 aromatic rings. The molecular weight excluding hydrogens is 473 g/mol. The SMILES string of the molecule is N#Cc1n[nH]c2ccc(-c3ccc(SN4CCC(Nc5ccc(C(F)(F)F)cn5)CC4)cc3)cc12. The molecule has 0 unspecified atom stereocenters. The molecule has 2 N–H and O–H groups in total. The Bertz CT molecular complexity index is 1350. The van der Waals surface area contributed by atoms with Crippen LogP contribution in [0.1, 0.15) is 24.1 Å². The summed E-state index contributed by atoms with van der Waals surface area (Å²) >= 11 is 1.70. The van der Waals surface area contributed by atoms with E-state index in [1.165, 1.54) is 6.07 Å². The van der Waals surface area contributed by atoms with E-state index in [2.05, 4.69) is 55.1 Å². The van der Waals surface area contributed by atoms with Gasteiger partial charge >= 0.3 is 6.18 Å². The zero-order valence-corrected chi connectivity index (χ0v) is 19.3. The number of alkyl halides is 3. The first-order chi connectivity index (χ1) is 16.9. The van der Waals surface area contributed by atoms with Crippen LogP contribution in [0, 0.1) is 11.3 Å². The topological polar surface area (TPSA) is 80.6 Å². The maximum Gasteiger partial charge on any atom is 0.417 e. The molecule has 10 heteroatoms. The van der Waals surface area contributed by atoms with Crippen molar-refractivity contribution in [2.24, 2.45) is 0 Å². The fourth-order valence-electron chi connectivity index (χ4n) is 4.08. The smallest absolute Gasteiger partial charge is 0.367 e. The number of hydrogen-bond acceptors (Lipinski definition) is 6. The zero-order chi connectivity index (χ0) is 24.4. The number of aromatic amines is 1. The predicted molar refractivity (Wildman–Crippen MR) is 130 cm³/mol. The van der Waals surface area contributed by atoms with Crippen molar-refractivity contribution in [3.05, 3.63) is 72.1 Å². The van der Waals surface area contributed by atoms with Crippen LogP contribution in [0.4, 0.5) is 19.0 Å². The quantitative estimate of drug-likeness (QED) is 0.327. The van der Waals surface area contributed by atoms with Gasteiger partial charge in [-0.1, -0.05) is 18.2 Å². The Kier molecular flexibility index (Phi) is 6.36. The Morgan fingerprint density at radius 3 is 2.43 bits per heavy atom. The number of halogens is 3. The number of nitrogens with one attached hydrogen (secondary N) is 2. The van der Waals surface area contributed by atoms with E-state index in [0.717, 1.165) is 65.1 Å². The molecule has 0 atom stereocenters. The maximum absolute atomic E-state index is 12.7. The number of benzene rings is 2. The Morgan fingerprint density at radius 1 is 1.03 bits per heavy atom. The molecule has 35 heavy (non-hydrogen) atoms. The molecule has 2 aromatic carbocycles. The molecule has 0 saturated carbocycles. The van der Waals surface area contributed by atoms with E-state index < -0.39 is 11.7 Å². The van der Waals surface area contributed by atoms with Crippen molar-refractivity contribution in [3.63, 3.8) is 0 Å². The normalized spacial score (nSPS) is 15.3. The number of pyridine rings is 1. The van der Waals surface area contributed by atoms with E-state index in [9.17, 15) is 18.4 Å². The highest BCUT2D eigenvalue weighted by molar-refractivity contribution is 7.97. The fourth-order valence-corrected chi connectivity index (χ4v) is 5.03. The van der Waals surface area contributed by atoms with E-state index in [0.29, 0.717) is 11.5 Å². The monoisotopic (exact) mass is 494 g/mol. The van der Waals surface area contributed by atoms with Crippen molar-refractivity contribution in [3.8, 4) is 17.2 Å². The van der Waals surface area contributed by atoms with Gasteiger partial charge in [-0.25, -0.2) is 9.29 Å². The van der Waals surface area contributed by atoms with Gasteiger partial charge in [-0.15, -0.1) is 0 Å². The van der Waals surface area contributed by atoms with Crippen LogP contribution in [0.5, 0.6) is 0 Å². The number of rotatable bonds is 5. The number of nitrogens with zero attached hydrogens (tertiary/aromatic N) is 4. The Hall–Kier alpha value is -3.55. The van der Waals surface area contributed by atoms with E-state index in [-0.39, 0.29) is 6.04 Å². The zero-order valence-electron chi connectivity index (χ0n) is 18.5. The van der Waals surface area contributed by atoms with Crippen molar-refractivity contribution in [1.29, 1.82) is 5.26 Å². The number of fused-ring (bicyclic) bond motifs is 1. The Balaban J connectivity index is 1.15. The van der Waals surface area contributed by atoms with Gasteiger partial charge in [-0.2, -0.15) is 23.5 Å². The Morgan fingerprint density at radius 2 is 1.77 bits per heavy atom. The van der Waals surface area contributed by atoms with Crippen LogP contribution in [-0.2, 0) is 6.18 Å². The molecule has 0 bridgehead atoms. The predicted octanol–water partition coefficient (Wildman–Crippen LogP) is 6.10. The third-order valence-corrected chi connectivity index (χ3v) is 7.09. The summed E-state index contributed by atoms with van der Waals surface area (Å²) < 4.78 is 40.4. The summed E-state index contributed by atoms with van der Waals surface area (Å²) in [6.45, 7) is 1.72. The van der Waals surface area contributed by atoms with Crippen LogP contribution < -0.4 is 5.32 Å². The van der Waals surface area contributed by atoms with E-state index in [1.807, 2.05) is 18.2 Å². The lowest BCUT2D eigenvalue weighted by Crippen LogP contribution is -2.35. The molecule has 5 rings (SSSR count). The summed E-state index contributed by atoms with van der Waals surface area (Å²) in [6, 6.07) is 18.9. The molecule has 0 amide bonds. The van der Waals surface area contributed by atoms with Gasteiger partial charge in [-0.3, -0.25) is 5.10 Å². The lowest BCUT2D eigenvalue weighted by Gasteiger charge is -2.31. The highest BCUT2D eigenvalue weighted by Gasteiger charge is 2.30. The third-order valence-electron chi connectivity index (χ3n) is 5.99. The second kappa shape index (κ2) is 9.60. The number of hydrogen-bond donors (Lipinski definition) is 2. The highest BCUT2D eigenvalue weighted by Crippen LogP contribution is 2.32. The molecule has 1 aliphatic rings. The first-order valence-corrected chi connectivity index (χ1v) is 11.9. The number of piperidine rings is 1. The minimum absolute atomic E-state index is 0.176. The molecule has 0 aliphatic carbocycles. The summed E-state index contributed by atoms with van der Waals surface area (Å²) in [6.07, 6.45) is -1.76. The summed E-state index contributed by atoms with van der Waals surface area (Å²) in [5.41, 5.74) is 2.57. The molecular formula is C25H21F3N6S. The van der Waals surface area contributed by atoms with Gasteiger partial charge in [-0.05, 0) is 72.3 Å². The first kappa shape index (κ1) is 23.2. The molecule has 3 heterocycles. The van der Waals surface area contributed by atoms with Gasteiger partial charge in [0, 0.05) is 35.6 Å². The second-order valence-electron chi connectivity index (χ2n) is 8.34. The van der Waals surface area contributed by atoms with Crippen LogP contribution >= 0.6 is 11.9 Å². The lowest BCUT2D eigenvalue weighted by molar-refractivity contribution is -0.137. The standard InChI is InChI=1S/C25H21F3N6S/c26-25(27,28)18-4-8-24(30-15-18)31-19-9-11-34(12-10-19)35-20-5-1-16(2-6-20)17-3-7-22-21(13-17)23(14-29)33-32-22/h1-8,13,15,19H,9-12H2,(H,30,31)(H,32,33). The fraction of sp³-hybridized carbons (Fsp3) is 0.240. The summed E-state index contributed by atoms with van der Waals surface area (Å²) in [4.78, 5) is 5.04. The summed E-state index contributed by atoms with van der Waals surface area (Å²) in [5, 5.41) is 20.2. The van der Waals surface area contributed by atoms with E-state index in [1.54, 1.807) is 11.9 Å². The molecule has 178 valence electrons. The average Bonchev–Trinajstić information content (AvgIpc) is 3.28. The number of aromatic nitrogens is 3. The minimum Gasteiger partial charge on any atom is -0.367 e. The number of nitriles is 1.